The van der Waals surface area contributed by atoms with Gasteiger partial charge in [-0.25, -0.2) is 0 Å². The summed E-state index contributed by atoms with van der Waals surface area (Å²) >= 11 is 0. The molecule has 0 bridgehead atoms. The summed E-state index contributed by atoms with van der Waals surface area (Å²) in [5.41, 5.74) is 2.62. The van der Waals surface area contributed by atoms with Gasteiger partial charge in [0.1, 0.15) is 0 Å². The molecule has 4 heteroatoms. The van der Waals surface area contributed by atoms with Crippen LogP contribution in [0.25, 0.3) is 0 Å². The van der Waals surface area contributed by atoms with Crippen LogP contribution in [0.4, 0.5) is 5.69 Å². The highest BCUT2D eigenvalue weighted by atomic mass is 15.3. The highest BCUT2D eigenvalue weighted by Crippen LogP contribution is 2.14. The molecule has 0 amide bonds. The van der Waals surface area contributed by atoms with Crippen LogP contribution in [0.15, 0.2) is 42.7 Å². The number of rotatable bonds is 8. The Kier molecular flexibility index (Phi) is 5.81. The van der Waals surface area contributed by atoms with Crippen LogP contribution in [-0.2, 0) is 13.1 Å². The Morgan fingerprint density at radius 2 is 1.90 bits per heavy atom. The molecule has 0 spiro atoms. The maximum atomic E-state index is 4.23. The number of nitrogens with zero attached hydrogens (tertiary/aromatic N) is 3. The van der Waals surface area contributed by atoms with Gasteiger partial charge in [-0.2, -0.15) is 5.10 Å². The molecule has 4 nitrogen and oxygen atoms in total. The molecule has 1 N–H and O–H groups in total. The molecule has 0 saturated heterocycles. The van der Waals surface area contributed by atoms with Crippen LogP contribution in [0.1, 0.15) is 26.3 Å². The predicted molar refractivity (Wildman–Crippen MR) is 88.5 cm³/mol. The third-order valence-corrected chi connectivity index (χ3v) is 3.74. The van der Waals surface area contributed by atoms with Crippen molar-refractivity contribution < 1.29 is 0 Å². The minimum Gasteiger partial charge on any atom is -0.372 e. The Bertz CT molecular complexity index is 500. The van der Waals surface area contributed by atoms with Gasteiger partial charge in [0.2, 0.25) is 0 Å². The fraction of sp³-hybridized carbons (Fsp3) is 0.471. The molecule has 0 saturated carbocycles. The number of anilines is 1. The zero-order valence-corrected chi connectivity index (χ0v) is 13.3. The van der Waals surface area contributed by atoms with E-state index >= 15 is 0 Å². The summed E-state index contributed by atoms with van der Waals surface area (Å²) < 4.78 is 1.96. The molecular formula is C17H26N4. The van der Waals surface area contributed by atoms with Crippen LogP contribution in [-0.4, -0.2) is 28.9 Å². The fourth-order valence-electron chi connectivity index (χ4n) is 2.46. The fourth-order valence-corrected chi connectivity index (χ4v) is 2.46. The van der Waals surface area contributed by atoms with Gasteiger partial charge in [0.25, 0.3) is 0 Å². The molecular weight excluding hydrogens is 260 g/mol. The van der Waals surface area contributed by atoms with Gasteiger partial charge in [-0.05, 0) is 44.5 Å². The van der Waals surface area contributed by atoms with Crippen LogP contribution in [0.2, 0.25) is 0 Å². The van der Waals surface area contributed by atoms with Crippen molar-refractivity contribution in [3.8, 4) is 0 Å². The summed E-state index contributed by atoms with van der Waals surface area (Å²) in [6.07, 6.45) is 3.82. The van der Waals surface area contributed by atoms with Gasteiger partial charge >= 0.3 is 0 Å². The van der Waals surface area contributed by atoms with E-state index in [4.69, 9.17) is 0 Å². The molecule has 1 heterocycles. The maximum Gasteiger partial charge on any atom is 0.0560 e. The molecule has 0 aliphatic rings. The molecule has 0 aliphatic heterocycles. The Labute approximate surface area is 127 Å². The Balaban J connectivity index is 1.83. The van der Waals surface area contributed by atoms with E-state index in [2.05, 4.69) is 60.4 Å². The molecule has 0 radical (unpaired) electrons. The molecule has 2 aromatic rings. The number of hydrogen-bond donors (Lipinski definition) is 1. The van der Waals surface area contributed by atoms with Crippen molar-refractivity contribution in [1.29, 1.82) is 0 Å². The second kappa shape index (κ2) is 7.84. The van der Waals surface area contributed by atoms with E-state index in [1.807, 2.05) is 23.1 Å². The molecule has 0 aliphatic carbocycles. The summed E-state index contributed by atoms with van der Waals surface area (Å²) in [7, 11) is 0. The van der Waals surface area contributed by atoms with E-state index in [1.165, 1.54) is 11.3 Å². The van der Waals surface area contributed by atoms with Gasteiger partial charge in [-0.1, -0.05) is 12.1 Å². The molecule has 0 fully saturated rings. The van der Waals surface area contributed by atoms with Crippen LogP contribution in [0.3, 0.4) is 0 Å². The van der Waals surface area contributed by atoms with Crippen LogP contribution < -0.4 is 10.2 Å². The molecule has 1 aromatic heterocycles. The number of benzene rings is 1. The van der Waals surface area contributed by atoms with Crippen molar-refractivity contribution in [3.63, 3.8) is 0 Å². The largest absolute Gasteiger partial charge is 0.372 e. The van der Waals surface area contributed by atoms with Crippen molar-refractivity contribution in [3.05, 3.63) is 48.3 Å². The van der Waals surface area contributed by atoms with E-state index in [1.54, 1.807) is 0 Å². The first-order valence-corrected chi connectivity index (χ1v) is 7.77. The van der Waals surface area contributed by atoms with Crippen LogP contribution in [0, 0.1) is 0 Å². The third-order valence-electron chi connectivity index (χ3n) is 3.74. The van der Waals surface area contributed by atoms with Gasteiger partial charge in [0.15, 0.2) is 0 Å². The first-order valence-electron chi connectivity index (χ1n) is 7.77. The lowest BCUT2D eigenvalue weighted by Gasteiger charge is -2.21. The van der Waals surface area contributed by atoms with Gasteiger partial charge in [0.05, 0.1) is 6.54 Å². The molecule has 1 unspecified atom stereocenters. The van der Waals surface area contributed by atoms with Crippen molar-refractivity contribution in [2.45, 2.75) is 39.9 Å². The Morgan fingerprint density at radius 3 is 2.48 bits per heavy atom. The zero-order valence-electron chi connectivity index (χ0n) is 13.3. The average Bonchev–Trinajstić information content (AvgIpc) is 3.00. The predicted octanol–water partition coefficient (Wildman–Crippen LogP) is 2.91. The summed E-state index contributed by atoms with van der Waals surface area (Å²) in [5.74, 6) is 0. The SMILES string of the molecule is CCN(CC)c1ccc(CNC(C)Cn2cccn2)cc1. The standard InChI is InChI=1S/C17H26N4/c1-4-20(5-2)17-9-7-16(8-10-17)13-18-15(3)14-21-12-6-11-19-21/h6-12,15,18H,4-5,13-14H2,1-3H3. The lowest BCUT2D eigenvalue weighted by molar-refractivity contribution is 0.451. The smallest absolute Gasteiger partial charge is 0.0560 e. The molecule has 1 atom stereocenters. The molecule has 1 aromatic carbocycles. The van der Waals surface area contributed by atoms with Gasteiger partial charge in [-0.15, -0.1) is 0 Å². The minimum atomic E-state index is 0.396. The molecule has 21 heavy (non-hydrogen) atoms. The Hall–Kier alpha value is -1.81. The monoisotopic (exact) mass is 286 g/mol. The summed E-state index contributed by atoms with van der Waals surface area (Å²) in [5, 5.41) is 7.77. The maximum absolute atomic E-state index is 4.23. The van der Waals surface area contributed by atoms with Crippen molar-refractivity contribution in [2.24, 2.45) is 0 Å². The topological polar surface area (TPSA) is 33.1 Å². The quantitative estimate of drug-likeness (QED) is 0.810. The summed E-state index contributed by atoms with van der Waals surface area (Å²) in [6.45, 7) is 10.5. The Morgan fingerprint density at radius 1 is 1.19 bits per heavy atom. The lowest BCUT2D eigenvalue weighted by atomic mass is 10.2. The second-order valence-electron chi connectivity index (χ2n) is 5.35. The lowest BCUT2D eigenvalue weighted by Crippen LogP contribution is -2.30. The van der Waals surface area contributed by atoms with E-state index in [9.17, 15) is 0 Å². The summed E-state index contributed by atoms with van der Waals surface area (Å²) in [6, 6.07) is 11.2. The number of aromatic nitrogens is 2. The van der Waals surface area contributed by atoms with E-state index < -0.39 is 0 Å². The van der Waals surface area contributed by atoms with Crippen molar-refractivity contribution >= 4 is 5.69 Å². The third kappa shape index (κ3) is 4.60. The second-order valence-corrected chi connectivity index (χ2v) is 5.35. The van der Waals surface area contributed by atoms with E-state index in [0.29, 0.717) is 6.04 Å². The zero-order chi connectivity index (χ0) is 15.1. The highest BCUT2D eigenvalue weighted by Gasteiger charge is 2.04. The number of nitrogens with one attached hydrogen (secondary N) is 1. The van der Waals surface area contributed by atoms with Gasteiger partial charge in [-0.3, -0.25) is 4.68 Å². The molecule has 114 valence electrons. The summed E-state index contributed by atoms with van der Waals surface area (Å²) in [4.78, 5) is 2.36. The normalized spacial score (nSPS) is 12.3. The first kappa shape index (κ1) is 15.6. The molecule has 2 rings (SSSR count). The van der Waals surface area contributed by atoms with Crippen LogP contribution >= 0.6 is 0 Å². The van der Waals surface area contributed by atoms with E-state index in [-0.39, 0.29) is 0 Å². The number of hydrogen-bond acceptors (Lipinski definition) is 3. The van der Waals surface area contributed by atoms with Gasteiger partial charge < -0.3 is 10.2 Å². The van der Waals surface area contributed by atoms with Crippen LogP contribution in [0.5, 0.6) is 0 Å². The van der Waals surface area contributed by atoms with Crippen molar-refractivity contribution in [2.75, 3.05) is 18.0 Å². The van der Waals surface area contributed by atoms with Gasteiger partial charge in [0, 0.05) is 43.8 Å². The highest BCUT2D eigenvalue weighted by molar-refractivity contribution is 5.47. The first-order chi connectivity index (χ1) is 10.2. The average molecular weight is 286 g/mol. The van der Waals surface area contributed by atoms with Crippen molar-refractivity contribution in [1.82, 2.24) is 15.1 Å². The minimum absolute atomic E-state index is 0.396. The van der Waals surface area contributed by atoms with E-state index in [0.717, 1.165) is 26.2 Å².